The first-order chi connectivity index (χ1) is 7.95. The van der Waals surface area contributed by atoms with E-state index in [0.29, 0.717) is 12.3 Å². The highest BCUT2D eigenvalue weighted by molar-refractivity contribution is 7.84. The highest BCUT2D eigenvalue weighted by Gasteiger charge is 2.28. The van der Waals surface area contributed by atoms with E-state index < -0.39 is 11.0 Å². The second-order valence-corrected chi connectivity index (χ2v) is 7.86. The number of nitriles is 1. The lowest BCUT2D eigenvalue weighted by atomic mass is 9.83. The predicted molar refractivity (Wildman–Crippen MR) is 71.6 cm³/mol. The Hall–Kier alpha value is -0.400. The SMILES string of the molecule is CC(C)(C)[S@@](=O)N[C@H](CC#N)C1CCCCC1. The van der Waals surface area contributed by atoms with Crippen LogP contribution in [0.15, 0.2) is 0 Å². The summed E-state index contributed by atoms with van der Waals surface area (Å²) >= 11 is 0. The quantitative estimate of drug-likeness (QED) is 0.841. The third-order valence-electron chi connectivity index (χ3n) is 3.34. The van der Waals surface area contributed by atoms with Gasteiger partial charge in [0.2, 0.25) is 0 Å². The fourth-order valence-electron chi connectivity index (χ4n) is 2.25. The molecule has 0 spiro atoms. The summed E-state index contributed by atoms with van der Waals surface area (Å²) in [7, 11) is -1.07. The van der Waals surface area contributed by atoms with Crippen molar-refractivity contribution < 1.29 is 4.21 Å². The summed E-state index contributed by atoms with van der Waals surface area (Å²) in [5.41, 5.74) is 0. The molecule has 0 amide bonds. The topological polar surface area (TPSA) is 52.9 Å². The largest absolute Gasteiger partial charge is 0.242 e. The molecular weight excluding hydrogens is 232 g/mol. The third kappa shape index (κ3) is 4.77. The maximum Gasteiger partial charge on any atom is 0.0973 e. The van der Waals surface area contributed by atoms with E-state index in [2.05, 4.69) is 10.8 Å². The molecule has 0 aliphatic heterocycles. The first-order valence-corrected chi connectivity index (χ1v) is 7.65. The minimum absolute atomic E-state index is 0.0976. The smallest absolute Gasteiger partial charge is 0.0973 e. The van der Waals surface area contributed by atoms with Gasteiger partial charge in [-0.3, -0.25) is 0 Å². The molecule has 1 rings (SSSR count). The first-order valence-electron chi connectivity index (χ1n) is 6.50. The molecule has 98 valence electrons. The van der Waals surface area contributed by atoms with E-state index >= 15 is 0 Å². The molecular formula is C13H24N2OS. The number of nitrogens with one attached hydrogen (secondary N) is 1. The zero-order valence-electron chi connectivity index (χ0n) is 11.2. The molecule has 0 aromatic heterocycles. The molecule has 17 heavy (non-hydrogen) atoms. The second kappa shape index (κ2) is 6.51. The molecule has 0 heterocycles. The van der Waals surface area contributed by atoms with Gasteiger partial charge in [0.25, 0.3) is 0 Å². The molecule has 0 saturated heterocycles. The van der Waals surface area contributed by atoms with Crippen LogP contribution in [0.25, 0.3) is 0 Å². The zero-order chi connectivity index (χ0) is 12.9. The Kier molecular flexibility index (Phi) is 5.61. The van der Waals surface area contributed by atoms with Crippen LogP contribution in [0.3, 0.4) is 0 Å². The van der Waals surface area contributed by atoms with Crippen molar-refractivity contribution in [2.45, 2.75) is 70.1 Å². The van der Waals surface area contributed by atoms with Gasteiger partial charge < -0.3 is 0 Å². The summed E-state index contributed by atoms with van der Waals surface area (Å²) in [5.74, 6) is 0.523. The van der Waals surface area contributed by atoms with Crippen molar-refractivity contribution in [3.63, 3.8) is 0 Å². The van der Waals surface area contributed by atoms with Crippen LogP contribution in [-0.2, 0) is 11.0 Å². The van der Waals surface area contributed by atoms with Crippen molar-refractivity contribution >= 4 is 11.0 Å². The minimum Gasteiger partial charge on any atom is -0.242 e. The van der Waals surface area contributed by atoms with Gasteiger partial charge in [0.1, 0.15) is 0 Å². The average molecular weight is 256 g/mol. The van der Waals surface area contributed by atoms with Crippen molar-refractivity contribution in [2.24, 2.45) is 5.92 Å². The third-order valence-corrected chi connectivity index (χ3v) is 4.97. The lowest BCUT2D eigenvalue weighted by Gasteiger charge is -2.31. The van der Waals surface area contributed by atoms with E-state index in [9.17, 15) is 4.21 Å². The monoisotopic (exact) mass is 256 g/mol. The maximum absolute atomic E-state index is 12.1. The Morgan fingerprint density at radius 2 is 1.94 bits per heavy atom. The first kappa shape index (κ1) is 14.7. The summed E-state index contributed by atoms with van der Waals surface area (Å²) in [4.78, 5) is 0. The lowest BCUT2D eigenvalue weighted by Crippen LogP contribution is -2.43. The minimum atomic E-state index is -1.07. The van der Waals surface area contributed by atoms with E-state index in [-0.39, 0.29) is 10.8 Å². The van der Waals surface area contributed by atoms with Gasteiger partial charge in [0, 0.05) is 6.04 Å². The van der Waals surface area contributed by atoms with Gasteiger partial charge >= 0.3 is 0 Å². The number of nitrogens with zero attached hydrogens (tertiary/aromatic N) is 1. The maximum atomic E-state index is 12.1. The molecule has 0 bridgehead atoms. The van der Waals surface area contributed by atoms with Crippen molar-refractivity contribution in [3.8, 4) is 6.07 Å². The van der Waals surface area contributed by atoms with Crippen LogP contribution in [0.4, 0.5) is 0 Å². The van der Waals surface area contributed by atoms with Gasteiger partial charge in [0.05, 0.1) is 28.2 Å². The normalized spacial score (nSPS) is 21.8. The molecule has 1 aliphatic carbocycles. The Morgan fingerprint density at radius 1 is 1.35 bits per heavy atom. The molecule has 1 fully saturated rings. The zero-order valence-corrected chi connectivity index (χ0v) is 12.0. The van der Waals surface area contributed by atoms with E-state index in [0.717, 1.165) is 0 Å². The highest BCUT2D eigenvalue weighted by atomic mass is 32.2. The van der Waals surface area contributed by atoms with Crippen molar-refractivity contribution in [1.82, 2.24) is 4.72 Å². The molecule has 0 aromatic carbocycles. The molecule has 0 radical (unpaired) electrons. The summed E-state index contributed by atoms with van der Waals surface area (Å²) in [5, 5.41) is 8.89. The van der Waals surface area contributed by atoms with Crippen LogP contribution in [0.2, 0.25) is 0 Å². The van der Waals surface area contributed by atoms with Crippen LogP contribution in [0.5, 0.6) is 0 Å². The second-order valence-electron chi connectivity index (χ2n) is 5.87. The Morgan fingerprint density at radius 3 is 2.41 bits per heavy atom. The van der Waals surface area contributed by atoms with Gasteiger partial charge in [0.15, 0.2) is 0 Å². The number of hydrogen-bond acceptors (Lipinski definition) is 2. The summed E-state index contributed by atoms with van der Waals surface area (Å²) < 4.78 is 15.0. The van der Waals surface area contributed by atoms with E-state index in [4.69, 9.17) is 5.26 Å². The lowest BCUT2D eigenvalue weighted by molar-refractivity contribution is 0.294. The predicted octanol–water partition coefficient (Wildman–Crippen LogP) is 2.90. The fraction of sp³-hybridized carbons (Fsp3) is 0.923. The van der Waals surface area contributed by atoms with Crippen LogP contribution in [-0.4, -0.2) is 15.0 Å². The number of rotatable bonds is 4. The molecule has 4 heteroatoms. The van der Waals surface area contributed by atoms with Crippen LogP contribution in [0.1, 0.15) is 59.3 Å². The highest BCUT2D eigenvalue weighted by Crippen LogP contribution is 2.28. The molecule has 1 saturated carbocycles. The fourth-order valence-corrected chi connectivity index (χ4v) is 3.16. The van der Waals surface area contributed by atoms with Gasteiger partial charge in [-0.05, 0) is 39.5 Å². The Bertz CT molecular complexity index is 298. The Labute approximate surface area is 108 Å². The molecule has 2 atom stereocenters. The van der Waals surface area contributed by atoms with E-state index in [1.807, 2.05) is 20.8 Å². The van der Waals surface area contributed by atoms with Crippen molar-refractivity contribution in [2.75, 3.05) is 0 Å². The van der Waals surface area contributed by atoms with Gasteiger partial charge in [-0.15, -0.1) is 0 Å². The molecule has 0 aromatic rings. The summed E-state index contributed by atoms with van der Waals surface area (Å²) in [6.45, 7) is 5.88. The molecule has 1 N–H and O–H groups in total. The molecule has 0 unspecified atom stereocenters. The average Bonchev–Trinajstić information content (AvgIpc) is 2.28. The van der Waals surface area contributed by atoms with Crippen LogP contribution in [0, 0.1) is 17.2 Å². The standard InChI is InChI=1S/C13H24N2OS/c1-13(2,3)17(16)15-12(9-10-14)11-7-5-4-6-8-11/h11-12,15H,4-9H2,1-3H3/t12-,17-/m1/s1. The van der Waals surface area contributed by atoms with Gasteiger partial charge in [-0.1, -0.05) is 19.3 Å². The summed E-state index contributed by atoms with van der Waals surface area (Å²) in [6.07, 6.45) is 6.60. The van der Waals surface area contributed by atoms with Crippen LogP contribution >= 0.6 is 0 Å². The van der Waals surface area contributed by atoms with E-state index in [1.54, 1.807) is 0 Å². The van der Waals surface area contributed by atoms with E-state index in [1.165, 1.54) is 32.1 Å². The van der Waals surface area contributed by atoms with Crippen molar-refractivity contribution in [3.05, 3.63) is 0 Å². The van der Waals surface area contributed by atoms with Gasteiger partial charge in [-0.2, -0.15) is 5.26 Å². The van der Waals surface area contributed by atoms with Gasteiger partial charge in [-0.25, -0.2) is 8.93 Å². The summed E-state index contributed by atoms with van der Waals surface area (Å²) in [6, 6.07) is 2.32. The molecule has 1 aliphatic rings. The number of hydrogen-bond donors (Lipinski definition) is 1. The van der Waals surface area contributed by atoms with Crippen LogP contribution < -0.4 is 4.72 Å². The Balaban J connectivity index is 2.59. The van der Waals surface area contributed by atoms with Crippen molar-refractivity contribution in [1.29, 1.82) is 5.26 Å². The molecule has 3 nitrogen and oxygen atoms in total.